The van der Waals surface area contributed by atoms with Crippen LogP contribution in [-0.2, 0) is 6.42 Å². The Morgan fingerprint density at radius 1 is 1.33 bits per heavy atom. The maximum Gasteiger partial charge on any atom is 0.0400 e. The Hall–Kier alpha value is -0.540. The monoisotopic (exact) mass is 352 g/mol. The Bertz CT molecular complexity index is 445. The van der Waals surface area contributed by atoms with Gasteiger partial charge in [-0.25, -0.2) is 0 Å². The highest BCUT2D eigenvalue weighted by Gasteiger charge is 2.19. The second-order valence-corrected chi connectivity index (χ2v) is 7.44. The summed E-state index contributed by atoms with van der Waals surface area (Å²) in [7, 11) is 0. The molecule has 1 fully saturated rings. The van der Waals surface area contributed by atoms with Gasteiger partial charge in [0, 0.05) is 29.3 Å². The van der Waals surface area contributed by atoms with E-state index in [2.05, 4.69) is 52.9 Å². The van der Waals surface area contributed by atoms with Crippen LogP contribution < -0.4 is 10.6 Å². The quantitative estimate of drug-likeness (QED) is 0.828. The van der Waals surface area contributed by atoms with Crippen LogP contribution in [0.4, 0.5) is 5.69 Å². The Morgan fingerprint density at radius 3 is 2.86 bits per heavy atom. The van der Waals surface area contributed by atoms with Crippen LogP contribution in [0.5, 0.6) is 0 Å². The Balaban J connectivity index is 2.13. The molecule has 2 unspecified atom stereocenters. The Labute approximate surface area is 138 Å². The summed E-state index contributed by atoms with van der Waals surface area (Å²) in [4.78, 5) is 2.58. The molecule has 1 aromatic carbocycles. The summed E-state index contributed by atoms with van der Waals surface area (Å²) in [5, 5.41) is 0. The van der Waals surface area contributed by atoms with E-state index >= 15 is 0 Å². The molecule has 1 heterocycles. The molecule has 0 spiro atoms. The van der Waals surface area contributed by atoms with Crippen molar-refractivity contribution in [3.63, 3.8) is 0 Å². The highest BCUT2D eigenvalue weighted by atomic mass is 79.9. The van der Waals surface area contributed by atoms with E-state index in [1.165, 1.54) is 56.4 Å². The average Bonchev–Trinajstić information content (AvgIpc) is 2.64. The number of anilines is 1. The zero-order valence-electron chi connectivity index (χ0n) is 13.4. The van der Waals surface area contributed by atoms with Crippen molar-refractivity contribution in [2.24, 2.45) is 11.7 Å². The molecule has 0 aromatic heterocycles. The van der Waals surface area contributed by atoms with Crippen molar-refractivity contribution in [1.82, 2.24) is 0 Å². The van der Waals surface area contributed by atoms with Gasteiger partial charge in [0.05, 0.1) is 0 Å². The number of rotatable bonds is 5. The second-order valence-electron chi connectivity index (χ2n) is 6.53. The second kappa shape index (κ2) is 8.19. The summed E-state index contributed by atoms with van der Waals surface area (Å²) in [6, 6.07) is 6.88. The van der Waals surface area contributed by atoms with Gasteiger partial charge in [-0.2, -0.15) is 0 Å². The smallest absolute Gasteiger partial charge is 0.0400 e. The number of hydrogen-bond acceptors (Lipinski definition) is 2. The minimum absolute atomic E-state index is 0.206. The normalized spacial score (nSPS) is 21.1. The summed E-state index contributed by atoms with van der Waals surface area (Å²) in [6.07, 6.45) is 7.70. The predicted octanol–water partition coefficient (Wildman–Crippen LogP) is 4.75. The topological polar surface area (TPSA) is 29.3 Å². The van der Waals surface area contributed by atoms with Crippen LogP contribution in [0.15, 0.2) is 22.7 Å². The van der Waals surface area contributed by atoms with Crippen molar-refractivity contribution in [2.75, 3.05) is 18.0 Å². The lowest BCUT2D eigenvalue weighted by atomic mass is 9.96. The first kappa shape index (κ1) is 16.8. The van der Waals surface area contributed by atoms with Crippen molar-refractivity contribution in [3.05, 3.63) is 28.2 Å². The van der Waals surface area contributed by atoms with E-state index in [9.17, 15) is 0 Å². The van der Waals surface area contributed by atoms with Crippen molar-refractivity contribution in [3.8, 4) is 0 Å². The van der Waals surface area contributed by atoms with Gasteiger partial charge in [0.25, 0.3) is 0 Å². The molecule has 2 nitrogen and oxygen atoms in total. The van der Waals surface area contributed by atoms with E-state index in [-0.39, 0.29) is 6.04 Å². The largest absolute Gasteiger partial charge is 0.371 e. The number of hydrogen-bond donors (Lipinski definition) is 1. The Kier molecular flexibility index (Phi) is 6.56. The molecule has 2 N–H and O–H groups in total. The molecule has 0 radical (unpaired) electrons. The van der Waals surface area contributed by atoms with E-state index in [1.54, 1.807) is 0 Å². The zero-order valence-corrected chi connectivity index (χ0v) is 15.0. The highest BCUT2D eigenvalue weighted by molar-refractivity contribution is 9.10. The predicted molar refractivity (Wildman–Crippen MR) is 96.0 cm³/mol. The maximum atomic E-state index is 6.03. The van der Waals surface area contributed by atoms with Crippen LogP contribution in [0.3, 0.4) is 0 Å². The lowest BCUT2D eigenvalue weighted by molar-refractivity contribution is 0.435. The fourth-order valence-corrected chi connectivity index (χ4v) is 3.88. The fourth-order valence-electron chi connectivity index (χ4n) is 3.48. The van der Waals surface area contributed by atoms with Crippen LogP contribution in [0.25, 0.3) is 0 Å². The molecular weight excluding hydrogens is 324 g/mol. The van der Waals surface area contributed by atoms with E-state index in [4.69, 9.17) is 5.73 Å². The van der Waals surface area contributed by atoms with Gasteiger partial charge in [-0.3, -0.25) is 0 Å². The van der Waals surface area contributed by atoms with Gasteiger partial charge >= 0.3 is 0 Å². The molecule has 3 heteroatoms. The first-order valence-electron chi connectivity index (χ1n) is 8.39. The first-order valence-corrected chi connectivity index (χ1v) is 9.18. The highest BCUT2D eigenvalue weighted by Crippen LogP contribution is 2.30. The summed E-state index contributed by atoms with van der Waals surface area (Å²) in [6.45, 7) is 6.77. The zero-order chi connectivity index (χ0) is 15.2. The lowest BCUT2D eigenvalue weighted by Crippen LogP contribution is -2.27. The summed E-state index contributed by atoms with van der Waals surface area (Å²) in [5.74, 6) is 0.923. The van der Waals surface area contributed by atoms with Crippen molar-refractivity contribution < 1.29 is 0 Å². The number of halogens is 1. The third kappa shape index (κ3) is 5.00. The molecule has 21 heavy (non-hydrogen) atoms. The SMILES string of the molecule is CCCC1CCCN(c2ccc(Br)cc2CC(C)N)CC1. The van der Waals surface area contributed by atoms with Crippen molar-refractivity contribution in [1.29, 1.82) is 0 Å². The van der Waals surface area contributed by atoms with Gasteiger partial charge in [-0.1, -0.05) is 35.7 Å². The standard InChI is InChI=1S/C18H29BrN2/c1-3-5-15-6-4-10-21(11-9-15)18-8-7-17(19)13-16(18)12-14(2)20/h7-8,13-15H,3-6,9-12,20H2,1-2H3. The van der Waals surface area contributed by atoms with Crippen LogP contribution in [-0.4, -0.2) is 19.1 Å². The molecule has 118 valence electrons. The molecule has 1 aliphatic rings. The van der Waals surface area contributed by atoms with Gasteiger partial charge in [0.1, 0.15) is 0 Å². The molecule has 1 aromatic rings. The van der Waals surface area contributed by atoms with E-state index in [0.29, 0.717) is 0 Å². The third-order valence-corrected chi connectivity index (χ3v) is 4.96. The summed E-state index contributed by atoms with van der Waals surface area (Å²) >= 11 is 3.60. The fraction of sp³-hybridized carbons (Fsp3) is 0.667. The van der Waals surface area contributed by atoms with Gasteiger partial charge < -0.3 is 10.6 Å². The molecular formula is C18H29BrN2. The van der Waals surface area contributed by atoms with Gasteiger partial charge in [-0.05, 0) is 62.3 Å². The summed E-state index contributed by atoms with van der Waals surface area (Å²) < 4.78 is 1.15. The van der Waals surface area contributed by atoms with Crippen LogP contribution in [0.1, 0.15) is 51.5 Å². The molecule has 0 bridgehead atoms. The molecule has 1 saturated heterocycles. The van der Waals surface area contributed by atoms with Crippen LogP contribution >= 0.6 is 15.9 Å². The number of benzene rings is 1. The molecule has 2 atom stereocenters. The lowest BCUT2D eigenvalue weighted by Gasteiger charge is -2.26. The van der Waals surface area contributed by atoms with Gasteiger partial charge in [-0.15, -0.1) is 0 Å². The molecule has 0 saturated carbocycles. The van der Waals surface area contributed by atoms with E-state index in [1.807, 2.05) is 0 Å². The average molecular weight is 353 g/mol. The minimum Gasteiger partial charge on any atom is -0.371 e. The van der Waals surface area contributed by atoms with Crippen LogP contribution in [0, 0.1) is 5.92 Å². The molecule has 1 aliphatic heterocycles. The van der Waals surface area contributed by atoms with Gasteiger partial charge in [0.2, 0.25) is 0 Å². The number of nitrogens with two attached hydrogens (primary N) is 1. The maximum absolute atomic E-state index is 6.03. The third-order valence-electron chi connectivity index (χ3n) is 4.47. The first-order chi connectivity index (χ1) is 10.1. The molecule has 0 amide bonds. The van der Waals surface area contributed by atoms with Gasteiger partial charge in [0.15, 0.2) is 0 Å². The molecule has 2 rings (SSSR count). The van der Waals surface area contributed by atoms with Crippen molar-refractivity contribution in [2.45, 2.75) is 58.4 Å². The Morgan fingerprint density at radius 2 is 2.14 bits per heavy atom. The van der Waals surface area contributed by atoms with Crippen LogP contribution in [0.2, 0.25) is 0 Å². The van der Waals surface area contributed by atoms with E-state index < -0.39 is 0 Å². The van der Waals surface area contributed by atoms with Crippen molar-refractivity contribution >= 4 is 21.6 Å². The van der Waals surface area contributed by atoms with E-state index in [0.717, 1.165) is 16.8 Å². The number of nitrogens with zero attached hydrogens (tertiary/aromatic N) is 1. The minimum atomic E-state index is 0.206. The summed E-state index contributed by atoms with van der Waals surface area (Å²) in [5.41, 5.74) is 8.81. The molecule has 0 aliphatic carbocycles.